The smallest absolute Gasteiger partial charge is 0.230 e. The first kappa shape index (κ1) is 11.6. The molecule has 16 heavy (non-hydrogen) atoms. The maximum atomic E-state index is 11.7. The Morgan fingerprint density at radius 3 is 2.44 bits per heavy atom. The van der Waals surface area contributed by atoms with Crippen LogP contribution in [0.4, 0.5) is 0 Å². The lowest BCUT2D eigenvalue weighted by atomic mass is 9.88. The largest absolute Gasteiger partial charge is 0.330 e. The van der Waals surface area contributed by atoms with Crippen molar-refractivity contribution in [3.05, 3.63) is 0 Å². The fraction of sp³-hybridized carbons (Fsp3) is 0.833. The van der Waals surface area contributed by atoms with Gasteiger partial charge < -0.3 is 9.80 Å². The summed E-state index contributed by atoms with van der Waals surface area (Å²) < 4.78 is 0. The van der Waals surface area contributed by atoms with E-state index < -0.39 is 0 Å². The number of likely N-dealkylation sites (tertiary alicyclic amines) is 1. The van der Waals surface area contributed by atoms with Gasteiger partial charge in [0.1, 0.15) is 0 Å². The number of rotatable bonds is 2. The molecule has 2 aliphatic rings. The lowest BCUT2D eigenvalue weighted by molar-refractivity contribution is -0.131. The third-order valence-electron chi connectivity index (χ3n) is 3.77. The molecule has 1 saturated heterocycles. The van der Waals surface area contributed by atoms with Crippen molar-refractivity contribution in [2.75, 3.05) is 20.6 Å². The van der Waals surface area contributed by atoms with Crippen molar-refractivity contribution in [1.29, 1.82) is 0 Å². The highest BCUT2D eigenvalue weighted by molar-refractivity contribution is 6.05. The molecule has 4 heteroatoms. The predicted molar refractivity (Wildman–Crippen MR) is 61.1 cm³/mol. The van der Waals surface area contributed by atoms with Crippen LogP contribution in [0, 0.1) is 0 Å². The number of hydrogen-bond donors (Lipinski definition) is 0. The van der Waals surface area contributed by atoms with E-state index in [4.69, 9.17) is 0 Å². The van der Waals surface area contributed by atoms with Gasteiger partial charge in [-0.3, -0.25) is 9.59 Å². The van der Waals surface area contributed by atoms with Gasteiger partial charge >= 0.3 is 0 Å². The number of hydrogen-bond acceptors (Lipinski definition) is 3. The lowest BCUT2D eigenvalue weighted by Gasteiger charge is -2.40. The van der Waals surface area contributed by atoms with Gasteiger partial charge in [0.2, 0.25) is 5.91 Å². The maximum Gasteiger partial charge on any atom is 0.230 e. The fourth-order valence-corrected chi connectivity index (χ4v) is 2.96. The molecule has 1 aliphatic carbocycles. The summed E-state index contributed by atoms with van der Waals surface area (Å²) in [6.07, 6.45) is 4.70. The highest BCUT2D eigenvalue weighted by atomic mass is 16.2. The fourth-order valence-electron chi connectivity index (χ4n) is 2.96. The SMILES string of the molecule is CN(C)[C@H]1CCCC[C@@H]1N1CC(=O)CC1=O. The number of Topliss-reactive ketones (excluding diaryl/α,β-unsaturated/α-hetero) is 1. The quantitative estimate of drug-likeness (QED) is 0.647. The second-order valence-corrected chi connectivity index (χ2v) is 5.12. The van der Waals surface area contributed by atoms with E-state index in [1.807, 2.05) is 4.90 Å². The molecule has 0 aromatic carbocycles. The number of carbonyl (C=O) groups is 2. The summed E-state index contributed by atoms with van der Waals surface area (Å²) >= 11 is 0. The zero-order chi connectivity index (χ0) is 11.7. The van der Waals surface area contributed by atoms with E-state index in [-0.39, 0.29) is 24.2 Å². The van der Waals surface area contributed by atoms with Gasteiger partial charge in [0.25, 0.3) is 0 Å². The molecular weight excluding hydrogens is 204 g/mol. The van der Waals surface area contributed by atoms with Gasteiger partial charge in [0, 0.05) is 12.1 Å². The predicted octanol–water partition coefficient (Wildman–Crippen LogP) is 0.661. The van der Waals surface area contributed by atoms with Gasteiger partial charge in [-0.15, -0.1) is 0 Å². The van der Waals surface area contributed by atoms with Gasteiger partial charge in [-0.1, -0.05) is 12.8 Å². The zero-order valence-corrected chi connectivity index (χ0v) is 10.1. The summed E-state index contributed by atoms with van der Waals surface area (Å²) in [5, 5.41) is 0. The molecule has 1 aliphatic heterocycles. The summed E-state index contributed by atoms with van der Waals surface area (Å²) in [7, 11) is 4.12. The minimum absolute atomic E-state index is 0.0313. The summed E-state index contributed by atoms with van der Waals surface area (Å²) in [6, 6.07) is 0.672. The molecule has 0 bridgehead atoms. The van der Waals surface area contributed by atoms with Crippen molar-refractivity contribution in [3.8, 4) is 0 Å². The van der Waals surface area contributed by atoms with Crippen molar-refractivity contribution >= 4 is 11.7 Å². The minimum Gasteiger partial charge on any atom is -0.330 e. The average molecular weight is 224 g/mol. The van der Waals surface area contributed by atoms with Gasteiger partial charge in [-0.25, -0.2) is 0 Å². The van der Waals surface area contributed by atoms with Crippen molar-refractivity contribution in [1.82, 2.24) is 9.80 Å². The molecule has 2 atom stereocenters. The Morgan fingerprint density at radius 1 is 1.19 bits per heavy atom. The molecule has 0 N–H and O–H groups in total. The molecular formula is C12H20N2O2. The van der Waals surface area contributed by atoms with Crippen LogP contribution in [0.3, 0.4) is 0 Å². The summed E-state index contributed by atoms with van der Waals surface area (Å²) in [5.41, 5.74) is 0. The van der Waals surface area contributed by atoms with Crippen molar-refractivity contribution in [2.24, 2.45) is 0 Å². The molecule has 2 rings (SSSR count). The standard InChI is InChI=1S/C12H20N2O2/c1-13(2)10-5-3-4-6-11(10)14-8-9(15)7-12(14)16/h10-11H,3-8H2,1-2H3/t10-,11-/m0/s1. The van der Waals surface area contributed by atoms with Gasteiger partial charge in [0.05, 0.1) is 13.0 Å². The van der Waals surface area contributed by atoms with E-state index in [0.29, 0.717) is 12.6 Å². The van der Waals surface area contributed by atoms with Crippen LogP contribution in [-0.4, -0.2) is 54.2 Å². The monoisotopic (exact) mass is 224 g/mol. The first-order valence-corrected chi connectivity index (χ1v) is 6.07. The maximum absolute atomic E-state index is 11.7. The van der Waals surface area contributed by atoms with E-state index in [2.05, 4.69) is 19.0 Å². The summed E-state index contributed by atoms with van der Waals surface area (Å²) in [5.74, 6) is 0.108. The Kier molecular flexibility index (Phi) is 3.28. The van der Waals surface area contributed by atoms with Gasteiger partial charge in [-0.05, 0) is 26.9 Å². The van der Waals surface area contributed by atoms with Crippen LogP contribution < -0.4 is 0 Å². The second-order valence-electron chi connectivity index (χ2n) is 5.12. The van der Waals surface area contributed by atoms with Crippen LogP contribution in [0.5, 0.6) is 0 Å². The molecule has 2 fully saturated rings. The topological polar surface area (TPSA) is 40.6 Å². The molecule has 90 valence electrons. The Hall–Kier alpha value is -0.900. The minimum atomic E-state index is 0.0313. The highest BCUT2D eigenvalue weighted by Gasteiger charge is 2.38. The number of likely N-dealkylation sites (N-methyl/N-ethyl adjacent to an activating group) is 1. The van der Waals surface area contributed by atoms with Crippen LogP contribution in [-0.2, 0) is 9.59 Å². The van der Waals surface area contributed by atoms with Crippen molar-refractivity contribution < 1.29 is 9.59 Å². The molecule has 4 nitrogen and oxygen atoms in total. The van der Waals surface area contributed by atoms with Crippen molar-refractivity contribution in [2.45, 2.75) is 44.2 Å². The van der Waals surface area contributed by atoms with Crippen LogP contribution >= 0.6 is 0 Å². The number of carbonyl (C=O) groups excluding carboxylic acids is 2. The van der Waals surface area contributed by atoms with Crippen LogP contribution in [0.15, 0.2) is 0 Å². The molecule has 0 unspecified atom stereocenters. The van der Waals surface area contributed by atoms with Crippen LogP contribution in [0.25, 0.3) is 0 Å². The molecule has 0 aromatic rings. The average Bonchev–Trinajstić information content (AvgIpc) is 2.57. The number of nitrogens with zero attached hydrogens (tertiary/aromatic N) is 2. The molecule has 1 saturated carbocycles. The highest BCUT2D eigenvalue weighted by Crippen LogP contribution is 2.28. The molecule has 1 amide bonds. The molecule has 0 aromatic heterocycles. The summed E-state index contributed by atoms with van der Waals surface area (Å²) in [6.45, 7) is 0.341. The van der Waals surface area contributed by atoms with E-state index in [0.717, 1.165) is 12.8 Å². The van der Waals surface area contributed by atoms with Gasteiger partial charge in [0.15, 0.2) is 5.78 Å². The third kappa shape index (κ3) is 2.12. The number of amides is 1. The van der Waals surface area contributed by atoms with E-state index in [1.165, 1.54) is 12.8 Å². The molecule has 0 spiro atoms. The van der Waals surface area contributed by atoms with Crippen LogP contribution in [0.1, 0.15) is 32.1 Å². The Labute approximate surface area is 96.6 Å². The first-order chi connectivity index (χ1) is 7.59. The van der Waals surface area contributed by atoms with E-state index in [9.17, 15) is 9.59 Å². The normalized spacial score (nSPS) is 31.6. The van der Waals surface area contributed by atoms with Crippen molar-refractivity contribution in [3.63, 3.8) is 0 Å². The third-order valence-corrected chi connectivity index (χ3v) is 3.77. The first-order valence-electron chi connectivity index (χ1n) is 6.07. The number of ketones is 1. The second kappa shape index (κ2) is 4.53. The van der Waals surface area contributed by atoms with Gasteiger partial charge in [-0.2, -0.15) is 0 Å². The molecule has 1 heterocycles. The Bertz CT molecular complexity index is 301. The van der Waals surface area contributed by atoms with E-state index >= 15 is 0 Å². The van der Waals surface area contributed by atoms with Crippen LogP contribution in [0.2, 0.25) is 0 Å². The molecule has 0 radical (unpaired) electrons. The Morgan fingerprint density at radius 2 is 1.88 bits per heavy atom. The van der Waals surface area contributed by atoms with E-state index in [1.54, 1.807) is 0 Å². The Balaban J connectivity index is 2.11. The lowest BCUT2D eigenvalue weighted by Crippen LogP contribution is -2.51. The zero-order valence-electron chi connectivity index (χ0n) is 10.1. The summed E-state index contributed by atoms with van der Waals surface area (Å²) in [4.78, 5) is 27.1.